The van der Waals surface area contributed by atoms with E-state index in [-0.39, 0.29) is 29.5 Å². The zero-order chi connectivity index (χ0) is 23.3. The molecule has 1 fully saturated rings. The molecule has 8 heteroatoms. The molecule has 0 saturated carbocycles. The third-order valence-corrected chi connectivity index (χ3v) is 7.43. The summed E-state index contributed by atoms with van der Waals surface area (Å²) in [5, 5.41) is 0.0278. The molecule has 1 aliphatic rings. The summed E-state index contributed by atoms with van der Waals surface area (Å²) in [7, 11) is -3.69. The number of imidazole rings is 1. The number of benzene rings is 2. The minimum atomic E-state index is -3.69. The minimum absolute atomic E-state index is 0.0278. The molecule has 0 bridgehead atoms. The number of nitrogens with zero attached hydrogens (tertiary/aromatic N) is 3. The molecular weight excluding hydrogens is 438 g/mol. The molecule has 0 N–H and O–H groups in total. The topological polar surface area (TPSA) is 81.5 Å². The molecule has 0 unspecified atom stereocenters. The predicted octanol–water partition coefficient (Wildman–Crippen LogP) is 3.70. The number of carbonyl (C=O) groups excluding carboxylic acids is 1. The number of ether oxygens (including phenoxy) is 1. The van der Waals surface area contributed by atoms with Gasteiger partial charge in [-0.15, -0.1) is 0 Å². The van der Waals surface area contributed by atoms with E-state index < -0.39 is 9.84 Å². The van der Waals surface area contributed by atoms with Crippen LogP contribution in [0.3, 0.4) is 0 Å². The Balaban J connectivity index is 1.64. The first-order chi connectivity index (χ1) is 16.0. The molecule has 4 rings (SSSR count). The van der Waals surface area contributed by atoms with Crippen molar-refractivity contribution in [2.24, 2.45) is 0 Å². The lowest BCUT2D eigenvalue weighted by Crippen LogP contribution is -2.32. The lowest BCUT2D eigenvalue weighted by atomic mass is 10.2. The van der Waals surface area contributed by atoms with Crippen LogP contribution in [0.2, 0.25) is 0 Å². The molecule has 1 amide bonds. The predicted molar refractivity (Wildman–Crippen MR) is 125 cm³/mol. The van der Waals surface area contributed by atoms with Gasteiger partial charge >= 0.3 is 0 Å². The van der Waals surface area contributed by atoms with Crippen molar-refractivity contribution in [1.29, 1.82) is 0 Å². The maximum absolute atomic E-state index is 13.3. The van der Waals surface area contributed by atoms with Gasteiger partial charge in [0.2, 0.25) is 15.0 Å². The van der Waals surface area contributed by atoms with Crippen LogP contribution in [-0.2, 0) is 33.4 Å². The Hall–Kier alpha value is -2.97. The van der Waals surface area contributed by atoms with Gasteiger partial charge in [0, 0.05) is 18.7 Å². The summed E-state index contributed by atoms with van der Waals surface area (Å²) in [5.41, 5.74) is 1.99. The smallest absolute Gasteiger partial charge is 0.254 e. The van der Waals surface area contributed by atoms with Gasteiger partial charge in [0.15, 0.2) is 0 Å². The van der Waals surface area contributed by atoms with Gasteiger partial charge in [-0.3, -0.25) is 4.79 Å². The van der Waals surface area contributed by atoms with Gasteiger partial charge in [0.1, 0.15) is 0 Å². The van der Waals surface area contributed by atoms with Crippen LogP contribution < -0.4 is 0 Å². The Bertz CT molecular complexity index is 1170. The van der Waals surface area contributed by atoms with Crippen molar-refractivity contribution in [3.8, 4) is 0 Å². The van der Waals surface area contributed by atoms with Crippen LogP contribution in [0.1, 0.15) is 41.4 Å². The lowest BCUT2D eigenvalue weighted by molar-refractivity contribution is 0.0741. The Labute approximate surface area is 194 Å². The van der Waals surface area contributed by atoms with Crippen molar-refractivity contribution in [2.45, 2.75) is 49.9 Å². The summed E-state index contributed by atoms with van der Waals surface area (Å²) >= 11 is 0. The number of aromatic nitrogens is 2. The van der Waals surface area contributed by atoms with E-state index in [0.717, 1.165) is 12.8 Å². The van der Waals surface area contributed by atoms with Crippen LogP contribution in [0, 0.1) is 0 Å². The summed E-state index contributed by atoms with van der Waals surface area (Å²) in [6, 6.07) is 18.2. The molecule has 2 heterocycles. The standard InChI is InChI=1S/C25H29N3O4S/c1-2-27(24(29)21-12-7-4-8-13-21)17-22-16-26-25(28(22)18-23-14-9-15-32-23)33(30,31)19-20-10-5-3-6-11-20/h3-8,10-13,16,23H,2,9,14-15,17-19H2,1H3/t23-/m1/s1. The maximum atomic E-state index is 13.3. The van der Waals surface area contributed by atoms with Crippen LogP contribution in [0.5, 0.6) is 0 Å². The van der Waals surface area contributed by atoms with Crippen LogP contribution in [0.15, 0.2) is 72.0 Å². The SMILES string of the molecule is CCN(Cc1cnc(S(=O)(=O)Cc2ccccc2)n1C[C@H]1CCCO1)C(=O)c1ccccc1. The van der Waals surface area contributed by atoms with Gasteiger partial charge in [-0.05, 0) is 37.5 Å². The fraction of sp³-hybridized carbons (Fsp3) is 0.360. The fourth-order valence-corrected chi connectivity index (χ4v) is 5.60. The number of rotatable bonds is 9. The second kappa shape index (κ2) is 10.3. The normalized spacial score (nSPS) is 16.1. The summed E-state index contributed by atoms with van der Waals surface area (Å²) in [6.45, 7) is 3.74. The minimum Gasteiger partial charge on any atom is -0.376 e. The van der Waals surface area contributed by atoms with E-state index in [0.29, 0.717) is 36.5 Å². The first kappa shape index (κ1) is 23.2. The Kier molecular flexibility index (Phi) is 7.25. The highest BCUT2D eigenvalue weighted by atomic mass is 32.2. The second-order valence-electron chi connectivity index (χ2n) is 8.21. The zero-order valence-electron chi connectivity index (χ0n) is 18.8. The highest BCUT2D eigenvalue weighted by Gasteiger charge is 2.28. The highest BCUT2D eigenvalue weighted by molar-refractivity contribution is 7.90. The van der Waals surface area contributed by atoms with E-state index in [1.54, 1.807) is 39.9 Å². The van der Waals surface area contributed by atoms with Gasteiger partial charge in [0.25, 0.3) is 5.91 Å². The molecule has 1 aliphatic heterocycles. The number of hydrogen-bond donors (Lipinski definition) is 0. The van der Waals surface area contributed by atoms with Gasteiger partial charge in [0.05, 0.1) is 36.8 Å². The number of hydrogen-bond acceptors (Lipinski definition) is 5. The monoisotopic (exact) mass is 467 g/mol. The highest BCUT2D eigenvalue weighted by Crippen LogP contribution is 2.23. The average Bonchev–Trinajstić information content (AvgIpc) is 3.49. The van der Waals surface area contributed by atoms with Crippen LogP contribution in [0.4, 0.5) is 0 Å². The molecule has 0 aliphatic carbocycles. The summed E-state index contributed by atoms with van der Waals surface area (Å²) in [6.07, 6.45) is 3.33. The Morgan fingerprint density at radius 3 is 2.45 bits per heavy atom. The van der Waals surface area contributed by atoms with Crippen molar-refractivity contribution in [3.05, 3.63) is 83.7 Å². The maximum Gasteiger partial charge on any atom is 0.254 e. The van der Waals surface area contributed by atoms with Gasteiger partial charge in [-0.1, -0.05) is 48.5 Å². The molecule has 2 aromatic carbocycles. The summed E-state index contributed by atoms with van der Waals surface area (Å²) in [4.78, 5) is 19.1. The summed E-state index contributed by atoms with van der Waals surface area (Å²) < 4.78 is 34.2. The van der Waals surface area contributed by atoms with E-state index in [9.17, 15) is 13.2 Å². The molecular formula is C25H29N3O4S. The molecule has 174 valence electrons. The third kappa shape index (κ3) is 5.51. The number of sulfone groups is 1. The van der Waals surface area contributed by atoms with Gasteiger partial charge in [-0.2, -0.15) is 0 Å². The quantitative estimate of drug-likeness (QED) is 0.479. The van der Waals surface area contributed by atoms with E-state index in [1.165, 1.54) is 0 Å². The van der Waals surface area contributed by atoms with Crippen molar-refractivity contribution in [2.75, 3.05) is 13.2 Å². The van der Waals surface area contributed by atoms with E-state index in [2.05, 4.69) is 4.98 Å². The number of carbonyl (C=O) groups is 1. The van der Waals surface area contributed by atoms with Crippen molar-refractivity contribution < 1.29 is 17.9 Å². The first-order valence-corrected chi connectivity index (χ1v) is 12.9. The van der Waals surface area contributed by atoms with E-state index in [4.69, 9.17) is 4.74 Å². The fourth-order valence-electron chi connectivity index (χ4n) is 4.10. The van der Waals surface area contributed by atoms with Crippen LogP contribution in [-0.4, -0.2) is 48.0 Å². The van der Waals surface area contributed by atoms with Gasteiger partial charge < -0.3 is 14.2 Å². The van der Waals surface area contributed by atoms with Crippen LogP contribution >= 0.6 is 0 Å². The van der Waals surface area contributed by atoms with E-state index >= 15 is 0 Å². The molecule has 1 saturated heterocycles. The Morgan fingerprint density at radius 1 is 1.12 bits per heavy atom. The molecule has 1 atom stereocenters. The zero-order valence-corrected chi connectivity index (χ0v) is 19.6. The van der Waals surface area contributed by atoms with Gasteiger partial charge in [-0.25, -0.2) is 13.4 Å². The molecule has 1 aromatic heterocycles. The van der Waals surface area contributed by atoms with Crippen molar-refractivity contribution in [1.82, 2.24) is 14.5 Å². The molecule has 3 aromatic rings. The van der Waals surface area contributed by atoms with Crippen molar-refractivity contribution >= 4 is 15.7 Å². The van der Waals surface area contributed by atoms with E-state index in [1.807, 2.05) is 43.3 Å². The average molecular weight is 468 g/mol. The lowest BCUT2D eigenvalue weighted by Gasteiger charge is -2.23. The molecule has 0 spiro atoms. The third-order valence-electron chi connectivity index (χ3n) is 5.83. The first-order valence-electron chi connectivity index (χ1n) is 11.2. The number of amides is 1. The second-order valence-corrected chi connectivity index (χ2v) is 10.1. The molecule has 7 nitrogen and oxygen atoms in total. The van der Waals surface area contributed by atoms with Crippen LogP contribution in [0.25, 0.3) is 0 Å². The van der Waals surface area contributed by atoms with Crippen molar-refractivity contribution in [3.63, 3.8) is 0 Å². The Morgan fingerprint density at radius 2 is 1.82 bits per heavy atom. The largest absolute Gasteiger partial charge is 0.376 e. The molecule has 0 radical (unpaired) electrons. The molecule has 33 heavy (non-hydrogen) atoms. The summed E-state index contributed by atoms with van der Waals surface area (Å²) in [5.74, 6) is -0.229.